The molecule has 3 heterocycles. The van der Waals surface area contributed by atoms with Crippen molar-refractivity contribution in [3.8, 4) is 0 Å². The number of hydrogen-bond acceptors (Lipinski definition) is 6. The summed E-state index contributed by atoms with van der Waals surface area (Å²) < 4.78 is 13.7. The monoisotopic (exact) mass is 458 g/mol. The lowest BCUT2D eigenvalue weighted by Gasteiger charge is -2.29. The van der Waals surface area contributed by atoms with Gasteiger partial charge >= 0.3 is 0 Å². The Labute approximate surface area is 191 Å². The summed E-state index contributed by atoms with van der Waals surface area (Å²) in [6, 6.07) is 4.56. The summed E-state index contributed by atoms with van der Waals surface area (Å²) in [5, 5.41) is 1.03. The van der Waals surface area contributed by atoms with Crippen LogP contribution in [-0.4, -0.2) is 33.8 Å². The van der Waals surface area contributed by atoms with Crippen molar-refractivity contribution in [2.75, 3.05) is 18.0 Å². The number of thiazole rings is 1. The van der Waals surface area contributed by atoms with Crippen LogP contribution in [0.15, 0.2) is 42.4 Å². The molecule has 0 unspecified atom stereocenters. The Morgan fingerprint density at radius 2 is 1.94 bits per heavy atom. The summed E-state index contributed by atoms with van der Waals surface area (Å²) in [7, 11) is 0. The zero-order valence-corrected chi connectivity index (χ0v) is 19.3. The van der Waals surface area contributed by atoms with E-state index in [1.807, 2.05) is 6.20 Å². The maximum absolute atomic E-state index is 13.7. The Bertz CT molecular complexity index is 1130. The van der Waals surface area contributed by atoms with Gasteiger partial charge in [0, 0.05) is 35.9 Å². The Morgan fingerprint density at radius 1 is 1.13 bits per heavy atom. The zero-order valence-electron chi connectivity index (χ0n) is 17.7. The number of anilines is 1. The van der Waals surface area contributed by atoms with Gasteiger partial charge in [-0.1, -0.05) is 17.7 Å². The fourth-order valence-electron chi connectivity index (χ4n) is 3.58. The second kappa shape index (κ2) is 9.66. The molecule has 0 radical (unpaired) electrons. The van der Waals surface area contributed by atoms with Crippen LogP contribution >= 0.6 is 23.7 Å². The minimum absolute atomic E-state index is 0. The highest BCUT2D eigenvalue weighted by Crippen LogP contribution is 2.30. The van der Waals surface area contributed by atoms with Crippen molar-refractivity contribution < 1.29 is 9.18 Å². The van der Waals surface area contributed by atoms with Crippen molar-refractivity contribution >= 4 is 40.2 Å². The molecule has 0 aliphatic carbocycles. The highest BCUT2D eigenvalue weighted by molar-refractivity contribution is 7.15. The van der Waals surface area contributed by atoms with E-state index >= 15 is 0 Å². The molecule has 31 heavy (non-hydrogen) atoms. The number of aryl methyl sites for hydroxylation is 1. The van der Waals surface area contributed by atoms with Gasteiger partial charge in [0.25, 0.3) is 0 Å². The lowest BCUT2D eigenvalue weighted by molar-refractivity contribution is 0.0990. The lowest BCUT2D eigenvalue weighted by Crippen LogP contribution is -2.31. The highest BCUT2D eigenvalue weighted by Gasteiger charge is 2.21. The molecule has 0 bridgehead atoms. The molecule has 0 amide bonds. The number of halogens is 2. The van der Waals surface area contributed by atoms with Gasteiger partial charge in [-0.15, -0.1) is 23.7 Å². The van der Waals surface area contributed by atoms with E-state index in [4.69, 9.17) is 0 Å². The molecule has 0 fully saturated rings. The topological polar surface area (TPSA) is 59.0 Å². The summed E-state index contributed by atoms with van der Waals surface area (Å²) >= 11 is 1.69. The summed E-state index contributed by atoms with van der Waals surface area (Å²) in [6.45, 7) is 7.49. The predicted octanol–water partition coefficient (Wildman–Crippen LogP) is 5.22. The molecule has 0 spiro atoms. The van der Waals surface area contributed by atoms with Crippen molar-refractivity contribution in [1.29, 1.82) is 0 Å². The van der Waals surface area contributed by atoms with Crippen molar-refractivity contribution in [2.45, 2.75) is 33.6 Å². The van der Waals surface area contributed by atoms with Crippen molar-refractivity contribution in [3.05, 3.63) is 75.6 Å². The van der Waals surface area contributed by atoms with Crippen LogP contribution in [0, 0.1) is 19.7 Å². The Morgan fingerprint density at radius 3 is 2.61 bits per heavy atom. The van der Waals surface area contributed by atoms with Crippen LogP contribution < -0.4 is 4.90 Å². The average molecular weight is 459 g/mol. The van der Waals surface area contributed by atoms with E-state index in [0.29, 0.717) is 16.8 Å². The first-order valence-electron chi connectivity index (χ1n) is 9.88. The van der Waals surface area contributed by atoms with Crippen LogP contribution in [-0.2, 0) is 6.42 Å². The van der Waals surface area contributed by atoms with Crippen LogP contribution in [0.5, 0.6) is 0 Å². The fraction of sp³-hybridized carbons (Fsp3) is 0.304. The predicted molar refractivity (Wildman–Crippen MR) is 125 cm³/mol. The number of carbonyl (C=O) groups is 1. The van der Waals surface area contributed by atoms with Crippen LogP contribution in [0.25, 0.3) is 5.57 Å². The SMILES string of the molecule is CC1=C(c2cnc(CC(=O)c3cccc(F)c3C)cn2)CN(c2ncc(C)s2)CC1.Cl. The molecule has 1 aliphatic rings. The number of aromatic nitrogens is 3. The molecule has 1 aliphatic heterocycles. The summed E-state index contributed by atoms with van der Waals surface area (Å²) in [5.74, 6) is -0.533. The first-order chi connectivity index (χ1) is 14.4. The molecule has 0 atom stereocenters. The van der Waals surface area contributed by atoms with E-state index in [2.05, 4.69) is 33.7 Å². The molecule has 0 saturated heterocycles. The third-order valence-electron chi connectivity index (χ3n) is 5.42. The number of rotatable bonds is 5. The van der Waals surface area contributed by atoms with E-state index in [-0.39, 0.29) is 30.4 Å². The molecule has 3 aromatic rings. The quantitative estimate of drug-likeness (QED) is 0.490. The second-order valence-corrected chi connectivity index (χ2v) is 8.80. The molecule has 162 valence electrons. The minimum Gasteiger partial charge on any atom is -0.343 e. The maximum Gasteiger partial charge on any atom is 0.185 e. The Balaban J connectivity index is 0.00000272. The van der Waals surface area contributed by atoms with Gasteiger partial charge in [-0.05, 0) is 44.4 Å². The standard InChI is InChI=1S/C23H23FN4OS.ClH/c1-14-7-8-28(23-27-10-15(2)30-23)13-19(14)21-12-25-17(11-26-21)9-22(29)18-5-4-6-20(24)16(18)3;/h4-6,10-12H,7-9,13H2,1-3H3;1H. The first kappa shape index (κ1) is 23.0. The van der Waals surface area contributed by atoms with E-state index in [9.17, 15) is 9.18 Å². The average Bonchev–Trinajstić information content (AvgIpc) is 3.17. The molecule has 0 saturated carbocycles. The van der Waals surface area contributed by atoms with E-state index in [0.717, 1.165) is 35.9 Å². The molecular weight excluding hydrogens is 435 g/mol. The number of hydrogen-bond donors (Lipinski definition) is 0. The van der Waals surface area contributed by atoms with Gasteiger partial charge in [0.15, 0.2) is 10.9 Å². The van der Waals surface area contributed by atoms with Gasteiger partial charge in [-0.2, -0.15) is 0 Å². The van der Waals surface area contributed by atoms with Gasteiger partial charge in [-0.3, -0.25) is 14.8 Å². The fourth-order valence-corrected chi connectivity index (χ4v) is 4.37. The second-order valence-electron chi connectivity index (χ2n) is 7.59. The smallest absolute Gasteiger partial charge is 0.185 e. The van der Waals surface area contributed by atoms with Gasteiger partial charge in [0.2, 0.25) is 0 Å². The number of ketones is 1. The van der Waals surface area contributed by atoms with E-state index in [1.165, 1.54) is 16.5 Å². The largest absolute Gasteiger partial charge is 0.343 e. The number of nitrogens with zero attached hydrogens (tertiary/aromatic N) is 4. The van der Waals surface area contributed by atoms with Crippen molar-refractivity contribution in [3.63, 3.8) is 0 Å². The van der Waals surface area contributed by atoms with Gasteiger partial charge in [0.05, 0.1) is 24.0 Å². The minimum atomic E-state index is -0.373. The van der Waals surface area contributed by atoms with Crippen LogP contribution in [0.2, 0.25) is 0 Å². The Kier molecular flexibility index (Phi) is 7.18. The molecule has 2 aromatic heterocycles. The number of Topliss-reactive ketones (excluding diaryl/α,β-unsaturated/α-hetero) is 1. The normalized spacial score (nSPS) is 13.9. The van der Waals surface area contributed by atoms with Crippen molar-refractivity contribution in [1.82, 2.24) is 15.0 Å². The molecule has 8 heteroatoms. The third-order valence-corrected chi connectivity index (χ3v) is 6.40. The maximum atomic E-state index is 13.7. The zero-order chi connectivity index (χ0) is 21.3. The van der Waals surface area contributed by atoms with E-state index < -0.39 is 0 Å². The van der Waals surface area contributed by atoms with Gasteiger partial charge in [0.1, 0.15) is 5.82 Å². The summed E-state index contributed by atoms with van der Waals surface area (Å²) in [6.07, 6.45) is 6.33. The van der Waals surface area contributed by atoms with Gasteiger partial charge < -0.3 is 4.90 Å². The number of benzene rings is 1. The summed E-state index contributed by atoms with van der Waals surface area (Å²) in [5.41, 5.74) is 4.61. The lowest BCUT2D eigenvalue weighted by atomic mass is 9.99. The summed E-state index contributed by atoms with van der Waals surface area (Å²) in [4.78, 5) is 29.6. The van der Waals surface area contributed by atoms with Gasteiger partial charge in [-0.25, -0.2) is 9.37 Å². The Hall–Kier alpha value is -2.64. The first-order valence-corrected chi connectivity index (χ1v) is 10.7. The van der Waals surface area contributed by atoms with E-state index in [1.54, 1.807) is 42.8 Å². The molecule has 1 aromatic carbocycles. The van der Waals surface area contributed by atoms with Crippen LogP contribution in [0.3, 0.4) is 0 Å². The number of carbonyl (C=O) groups excluding carboxylic acids is 1. The van der Waals surface area contributed by atoms with Crippen molar-refractivity contribution in [2.24, 2.45) is 0 Å². The highest BCUT2D eigenvalue weighted by atomic mass is 35.5. The molecular formula is C23H24ClFN4OS. The third kappa shape index (κ3) is 4.99. The molecule has 0 N–H and O–H groups in total. The van der Waals surface area contributed by atoms with Crippen LogP contribution in [0.4, 0.5) is 9.52 Å². The van der Waals surface area contributed by atoms with Crippen LogP contribution in [0.1, 0.15) is 45.5 Å². The molecule has 5 nitrogen and oxygen atoms in total. The molecule has 4 rings (SSSR count).